The number of hydrogen-bond donors (Lipinski definition) is 1. The van der Waals surface area contributed by atoms with Gasteiger partial charge < -0.3 is 5.11 Å². The van der Waals surface area contributed by atoms with Gasteiger partial charge in [0, 0.05) is 44.7 Å². The summed E-state index contributed by atoms with van der Waals surface area (Å²) in [6.45, 7) is 13.5. The van der Waals surface area contributed by atoms with E-state index in [9.17, 15) is 9.90 Å². The molecule has 0 aromatic heterocycles. The van der Waals surface area contributed by atoms with Crippen LogP contribution < -0.4 is 0 Å². The third kappa shape index (κ3) is 6.84. The average Bonchev–Trinajstić information content (AvgIpc) is 2.35. The maximum atomic E-state index is 12.4. The molecule has 0 heterocycles. The van der Waals surface area contributed by atoms with Crippen LogP contribution in [0.5, 0.6) is 0 Å². The van der Waals surface area contributed by atoms with Crippen molar-refractivity contribution in [3.8, 4) is 0 Å². The van der Waals surface area contributed by atoms with Gasteiger partial charge in [0.05, 0.1) is 12.1 Å². The Morgan fingerprint density at radius 2 is 1.75 bits per heavy atom. The van der Waals surface area contributed by atoms with E-state index >= 15 is 0 Å². The van der Waals surface area contributed by atoms with E-state index in [1.807, 2.05) is 52.6 Å². The minimum absolute atomic E-state index is 0. The summed E-state index contributed by atoms with van der Waals surface area (Å²) in [6, 6.07) is -0.217. The predicted molar refractivity (Wildman–Crippen MR) is 80.8 cm³/mol. The van der Waals surface area contributed by atoms with Crippen molar-refractivity contribution in [3.63, 3.8) is 0 Å². The average molecular weight is 357 g/mol. The van der Waals surface area contributed by atoms with Gasteiger partial charge in [0.1, 0.15) is 0 Å². The minimum atomic E-state index is -0.654. The second-order valence-electron chi connectivity index (χ2n) is 5.94. The van der Waals surface area contributed by atoms with Crippen molar-refractivity contribution in [1.82, 2.24) is 4.90 Å². The van der Waals surface area contributed by atoms with Gasteiger partial charge >= 0.3 is 0 Å². The van der Waals surface area contributed by atoms with E-state index < -0.39 is 12.1 Å². The number of hydrogen-bond acceptors (Lipinski definition) is 3. The summed E-state index contributed by atoms with van der Waals surface area (Å²) in [5.41, 5.74) is 0. The molecule has 1 radical (unpaired) electrons. The summed E-state index contributed by atoms with van der Waals surface area (Å²) >= 11 is 0. The number of rotatable bonds is 8. The van der Waals surface area contributed by atoms with Gasteiger partial charge in [-0.3, -0.25) is 9.69 Å². The molecule has 0 aliphatic heterocycles. The first-order chi connectivity index (χ1) is 8.73. The van der Waals surface area contributed by atoms with Crippen LogP contribution in [0.1, 0.15) is 41.0 Å². The van der Waals surface area contributed by atoms with Crippen molar-refractivity contribution in [1.29, 1.82) is 0 Å². The Labute approximate surface area is 150 Å². The number of Topliss-reactive ketones (excluding diaryl/α,β-unsaturated/α-hetero) is 1. The van der Waals surface area contributed by atoms with Gasteiger partial charge in [-0.15, -0.1) is 0 Å². The molecule has 0 spiro atoms. The Hall–Kier alpha value is 0.304. The van der Waals surface area contributed by atoms with Crippen molar-refractivity contribution in [2.45, 2.75) is 59.2 Å². The Balaban J connectivity index is 0. The molecule has 0 aliphatic carbocycles. The number of nitrogens with zero attached hydrogens (tertiary/aromatic N) is 1. The van der Waals surface area contributed by atoms with E-state index in [1.165, 1.54) is 0 Å². The Morgan fingerprint density at radius 3 is 2.10 bits per heavy atom. The first-order valence-electron chi connectivity index (χ1n) is 7.11. The Kier molecular flexibility index (Phi) is 12.4. The van der Waals surface area contributed by atoms with E-state index in [1.54, 1.807) is 6.08 Å². The van der Waals surface area contributed by atoms with Gasteiger partial charge in [0.15, 0.2) is 5.78 Å². The summed E-state index contributed by atoms with van der Waals surface area (Å²) in [6.07, 6.45) is 3.74. The van der Waals surface area contributed by atoms with E-state index in [2.05, 4.69) is 6.92 Å². The molecular formula is C16H30NO2Y-. The fourth-order valence-corrected chi connectivity index (χ4v) is 2.03. The molecule has 0 bridgehead atoms. The van der Waals surface area contributed by atoms with Crippen LogP contribution in [0.4, 0.5) is 0 Å². The molecule has 0 aromatic carbocycles. The molecule has 3 nitrogen and oxygen atoms in total. The topological polar surface area (TPSA) is 40.5 Å². The smallest absolute Gasteiger partial charge is 0.155 e. The molecule has 0 aliphatic rings. The van der Waals surface area contributed by atoms with E-state index in [-0.39, 0.29) is 56.4 Å². The van der Waals surface area contributed by atoms with Gasteiger partial charge in [-0.2, -0.15) is 0 Å². The van der Waals surface area contributed by atoms with Gasteiger partial charge in [-0.1, -0.05) is 27.2 Å². The molecule has 115 valence electrons. The third-order valence-electron chi connectivity index (χ3n) is 3.69. The molecule has 0 aromatic rings. The van der Waals surface area contributed by atoms with Crippen LogP contribution in [0.15, 0.2) is 12.2 Å². The normalized spacial score (nSPS) is 16.5. The molecule has 0 fully saturated rings. The van der Waals surface area contributed by atoms with Gasteiger partial charge in [0.2, 0.25) is 0 Å². The number of carbonyl (C=O) groups excluding carboxylic acids is 1. The minimum Gasteiger partial charge on any atom is -0.391 e. The van der Waals surface area contributed by atoms with Crippen LogP contribution in [0, 0.1) is 18.8 Å². The SMILES string of the molecule is [CH2-]/C=C/C[C@@H](C)[C@@H](O)[C@@H](C(=O)C(C)C)N(C)C(C)C.[Y]. The zero-order chi connectivity index (χ0) is 15.2. The van der Waals surface area contributed by atoms with Crippen LogP contribution in [-0.2, 0) is 37.5 Å². The summed E-state index contributed by atoms with van der Waals surface area (Å²) < 4.78 is 0. The summed E-state index contributed by atoms with van der Waals surface area (Å²) in [4.78, 5) is 14.3. The molecule has 0 rings (SSSR count). The first kappa shape index (κ1) is 22.6. The standard InChI is InChI=1S/C16H30NO2.Y/c1-8-9-10-13(6)16(19)14(15(18)11(2)3)17(7)12(4)5;/h8-9,11-14,16,19H,1,10H2,2-7H3;/q-1;/b9-8+;/t13-,14-,16-;/m1./s1. The molecule has 4 heteroatoms. The molecule has 1 N–H and O–H groups in total. The number of ketones is 1. The van der Waals surface area contributed by atoms with Crippen molar-refractivity contribution in [3.05, 3.63) is 19.1 Å². The number of likely N-dealkylation sites (N-methyl/N-ethyl adjacent to an activating group) is 1. The van der Waals surface area contributed by atoms with Crippen LogP contribution in [0.2, 0.25) is 0 Å². The van der Waals surface area contributed by atoms with Crippen LogP contribution in [0.3, 0.4) is 0 Å². The predicted octanol–water partition coefficient (Wildman–Crippen LogP) is 2.70. The largest absolute Gasteiger partial charge is 0.391 e. The van der Waals surface area contributed by atoms with Crippen molar-refractivity contribution in [2.75, 3.05) is 7.05 Å². The number of aliphatic hydroxyl groups excluding tert-OH is 1. The zero-order valence-electron chi connectivity index (χ0n) is 13.8. The van der Waals surface area contributed by atoms with E-state index in [0.29, 0.717) is 0 Å². The maximum Gasteiger partial charge on any atom is 0.155 e. The zero-order valence-corrected chi connectivity index (χ0v) is 16.7. The van der Waals surface area contributed by atoms with Crippen LogP contribution >= 0.6 is 0 Å². The monoisotopic (exact) mass is 357 g/mol. The Bertz CT molecular complexity index is 303. The van der Waals surface area contributed by atoms with E-state index in [0.717, 1.165) is 6.42 Å². The quantitative estimate of drug-likeness (QED) is 0.679. The van der Waals surface area contributed by atoms with Gasteiger partial charge in [0.25, 0.3) is 0 Å². The maximum absolute atomic E-state index is 12.4. The van der Waals surface area contributed by atoms with Crippen LogP contribution in [-0.4, -0.2) is 41.0 Å². The number of carbonyl (C=O) groups is 1. The summed E-state index contributed by atoms with van der Waals surface area (Å²) in [7, 11) is 1.91. The summed E-state index contributed by atoms with van der Waals surface area (Å²) in [5.74, 6) is 0.0671. The fourth-order valence-electron chi connectivity index (χ4n) is 2.03. The van der Waals surface area contributed by atoms with Crippen molar-refractivity contribution in [2.24, 2.45) is 11.8 Å². The molecular weight excluding hydrogens is 327 g/mol. The molecule has 20 heavy (non-hydrogen) atoms. The van der Waals surface area contributed by atoms with Gasteiger partial charge in [-0.05, 0) is 26.8 Å². The molecule has 3 atom stereocenters. The van der Waals surface area contributed by atoms with Crippen molar-refractivity contribution < 1.29 is 42.6 Å². The Morgan fingerprint density at radius 1 is 1.25 bits per heavy atom. The third-order valence-corrected chi connectivity index (χ3v) is 3.69. The molecule has 0 saturated carbocycles. The second kappa shape index (κ2) is 10.9. The summed E-state index contributed by atoms with van der Waals surface area (Å²) in [5, 5.41) is 10.5. The van der Waals surface area contributed by atoms with Crippen LogP contribution in [0.25, 0.3) is 0 Å². The van der Waals surface area contributed by atoms with Gasteiger partial charge in [-0.25, -0.2) is 19.1 Å². The van der Waals surface area contributed by atoms with Crippen molar-refractivity contribution >= 4 is 5.78 Å². The fraction of sp³-hybridized carbons (Fsp3) is 0.750. The molecule has 0 unspecified atom stereocenters. The number of allylic oxidation sites excluding steroid dienone is 2. The first-order valence-corrected chi connectivity index (χ1v) is 7.11. The molecule has 0 amide bonds. The molecule has 0 saturated heterocycles. The number of aliphatic hydroxyl groups is 1. The second-order valence-corrected chi connectivity index (χ2v) is 5.94. The van der Waals surface area contributed by atoms with E-state index in [4.69, 9.17) is 0 Å².